The number of aryl methyl sites for hydroxylation is 1. The van der Waals surface area contributed by atoms with Gasteiger partial charge in [0.2, 0.25) is 33.0 Å². The van der Waals surface area contributed by atoms with Crippen molar-refractivity contribution >= 4 is 38.9 Å². The second-order valence-electron chi connectivity index (χ2n) is 13.1. The lowest BCUT2D eigenvalue weighted by Gasteiger charge is -2.29. The van der Waals surface area contributed by atoms with E-state index in [0.717, 1.165) is 17.5 Å². The molecule has 1 aliphatic heterocycles. The molecule has 0 aromatic heterocycles. The van der Waals surface area contributed by atoms with E-state index < -0.39 is 22.1 Å². The molecular weight excluding hydrogens is 689 g/mol. The molecule has 13 nitrogen and oxygen atoms in total. The molecule has 1 saturated heterocycles. The number of nitrogens with zero attached hydrogens (tertiary/aromatic N) is 1. The quantitative estimate of drug-likeness (QED) is 0.224. The smallest absolute Gasteiger partial charge is 0.247 e. The van der Waals surface area contributed by atoms with Crippen LogP contribution in [-0.2, 0) is 26.0 Å². The number of methoxy groups -OCH3 is 4. The lowest BCUT2D eigenvalue weighted by atomic mass is 9.95. The van der Waals surface area contributed by atoms with E-state index in [1.54, 1.807) is 37.4 Å². The summed E-state index contributed by atoms with van der Waals surface area (Å²) in [5, 5.41) is 9.16. The van der Waals surface area contributed by atoms with Crippen molar-refractivity contribution in [3.63, 3.8) is 0 Å². The highest BCUT2D eigenvalue weighted by Crippen LogP contribution is 2.50. The molecule has 3 unspecified atom stereocenters. The third kappa shape index (κ3) is 7.76. The molecule has 3 N–H and O–H groups in total. The highest BCUT2D eigenvalue weighted by Gasteiger charge is 2.32. The van der Waals surface area contributed by atoms with Gasteiger partial charge in [-0.05, 0) is 78.6 Å². The highest BCUT2D eigenvalue weighted by atomic mass is 32.2. The van der Waals surface area contributed by atoms with E-state index in [-0.39, 0.29) is 34.6 Å². The number of ether oxygens (including phenoxy) is 4. The number of nitrogens with one attached hydrogen (secondary N) is 3. The van der Waals surface area contributed by atoms with E-state index in [4.69, 9.17) is 18.9 Å². The molecule has 1 aliphatic carbocycles. The average Bonchev–Trinajstić information content (AvgIpc) is 3.36. The number of fused-ring (bicyclic) bond motifs is 3. The molecule has 2 aliphatic rings. The third-order valence-corrected chi connectivity index (χ3v) is 11.6. The molecule has 3 aromatic carbocycles. The summed E-state index contributed by atoms with van der Waals surface area (Å²) >= 11 is 0. The van der Waals surface area contributed by atoms with E-state index in [0.29, 0.717) is 77.7 Å². The summed E-state index contributed by atoms with van der Waals surface area (Å²) in [6.07, 6.45) is 3.04. The standard InChI is InChI=1S/C38H48N4O9S/c1-8-22(2)35(38(45)40-25-12-16-30(32(20-25)48-4)42-17-9-10-18-52(42,46)47)41-29-15-13-26-27(21-31(29)44)28(39-23(3)43)14-11-24-19-33(49-5)36(50-6)37(51-7)34(24)26/h12-13,15-16,19-22,28,35H,8-11,14,17-18H2,1-7H3,(H,39,43)(H,40,45)(H,41,44). The van der Waals surface area contributed by atoms with Gasteiger partial charge in [-0.2, -0.15) is 0 Å². The van der Waals surface area contributed by atoms with E-state index in [2.05, 4.69) is 16.0 Å². The largest absolute Gasteiger partial charge is 0.494 e. The molecule has 0 saturated carbocycles. The van der Waals surface area contributed by atoms with E-state index in [9.17, 15) is 22.8 Å². The molecule has 3 atom stereocenters. The summed E-state index contributed by atoms with van der Waals surface area (Å²) in [5.41, 5.74) is 3.54. The number of hydrogen-bond acceptors (Lipinski definition) is 10. The Hall–Kier alpha value is -4.98. The van der Waals surface area contributed by atoms with Crippen molar-refractivity contribution in [2.45, 2.75) is 65.0 Å². The van der Waals surface area contributed by atoms with Gasteiger partial charge in [0.05, 0.1) is 51.6 Å². The molecule has 0 radical (unpaired) electrons. The zero-order valence-electron chi connectivity index (χ0n) is 30.8. The van der Waals surface area contributed by atoms with E-state index in [1.165, 1.54) is 38.6 Å². The van der Waals surface area contributed by atoms with Gasteiger partial charge in [0.25, 0.3) is 0 Å². The molecule has 0 bridgehead atoms. The van der Waals surface area contributed by atoms with Crippen LogP contribution < -0.4 is 44.6 Å². The van der Waals surface area contributed by atoms with E-state index >= 15 is 0 Å². The highest BCUT2D eigenvalue weighted by molar-refractivity contribution is 7.92. The van der Waals surface area contributed by atoms with Crippen LogP contribution >= 0.6 is 0 Å². The molecular formula is C38H48N4O9S. The second kappa shape index (κ2) is 16.1. The Kier molecular flexibility index (Phi) is 11.9. The van der Waals surface area contributed by atoms with Crippen LogP contribution in [0.2, 0.25) is 0 Å². The van der Waals surface area contributed by atoms with Crippen molar-refractivity contribution in [3.05, 3.63) is 63.8 Å². The van der Waals surface area contributed by atoms with E-state index in [1.807, 2.05) is 19.9 Å². The van der Waals surface area contributed by atoms with Gasteiger partial charge in [-0.3, -0.25) is 18.7 Å². The maximum absolute atomic E-state index is 14.0. The zero-order valence-corrected chi connectivity index (χ0v) is 31.6. The summed E-state index contributed by atoms with van der Waals surface area (Å²) in [5.74, 6) is 0.882. The number of sulfonamides is 1. The van der Waals surface area contributed by atoms with Crippen LogP contribution in [0.15, 0.2) is 47.3 Å². The first-order chi connectivity index (χ1) is 24.9. The van der Waals surface area contributed by atoms with Crippen molar-refractivity contribution in [1.82, 2.24) is 5.32 Å². The predicted octanol–water partition coefficient (Wildman–Crippen LogP) is 5.27. The van der Waals surface area contributed by atoms with Crippen molar-refractivity contribution in [2.75, 3.05) is 55.7 Å². The van der Waals surface area contributed by atoms with Gasteiger partial charge >= 0.3 is 0 Å². The molecule has 3 aromatic rings. The normalized spacial score (nSPS) is 17.3. The fourth-order valence-electron chi connectivity index (χ4n) is 6.94. The first-order valence-corrected chi connectivity index (χ1v) is 19.0. The van der Waals surface area contributed by atoms with Gasteiger partial charge in [0.1, 0.15) is 11.8 Å². The summed E-state index contributed by atoms with van der Waals surface area (Å²) in [6, 6.07) is 10.4. The third-order valence-electron chi connectivity index (χ3n) is 9.79. The van der Waals surface area contributed by atoms with Gasteiger partial charge in [-0.15, -0.1) is 0 Å². The number of hydrogen-bond donors (Lipinski definition) is 3. The topological polar surface area (TPSA) is 162 Å². The van der Waals surface area contributed by atoms with Crippen LogP contribution in [0.3, 0.4) is 0 Å². The van der Waals surface area contributed by atoms with Crippen molar-refractivity contribution in [2.24, 2.45) is 5.92 Å². The van der Waals surface area contributed by atoms with Crippen molar-refractivity contribution in [1.29, 1.82) is 0 Å². The van der Waals surface area contributed by atoms with Crippen LogP contribution in [-0.4, -0.2) is 67.0 Å². The predicted molar refractivity (Wildman–Crippen MR) is 202 cm³/mol. The molecule has 14 heteroatoms. The molecule has 0 spiro atoms. The van der Waals surface area contributed by atoms with Crippen LogP contribution in [0, 0.1) is 5.92 Å². The Bertz CT molecular complexity index is 2000. The Morgan fingerprint density at radius 3 is 2.31 bits per heavy atom. The Labute approximate surface area is 305 Å². The molecule has 280 valence electrons. The minimum absolute atomic E-state index is 0.0652. The molecule has 2 amide bonds. The number of anilines is 3. The minimum atomic E-state index is -3.48. The second-order valence-corrected chi connectivity index (χ2v) is 15.1. The summed E-state index contributed by atoms with van der Waals surface area (Å²) in [7, 11) is 2.59. The Balaban J connectivity index is 1.54. The first kappa shape index (κ1) is 38.3. The van der Waals surface area contributed by atoms with Gasteiger partial charge in [-0.1, -0.05) is 26.3 Å². The zero-order chi connectivity index (χ0) is 37.7. The summed E-state index contributed by atoms with van der Waals surface area (Å²) in [4.78, 5) is 40.3. The number of carbonyl (C=O) groups is 2. The number of benzene rings is 2. The molecule has 5 rings (SSSR count). The van der Waals surface area contributed by atoms with Gasteiger partial charge in [-0.25, -0.2) is 8.42 Å². The number of carbonyl (C=O) groups excluding carboxylic acids is 2. The van der Waals surface area contributed by atoms with Crippen molar-refractivity contribution in [3.8, 4) is 34.1 Å². The number of rotatable bonds is 12. The van der Waals surface area contributed by atoms with Gasteiger partial charge in [0, 0.05) is 30.8 Å². The fraction of sp³-hybridized carbons (Fsp3) is 0.447. The average molecular weight is 737 g/mol. The van der Waals surface area contributed by atoms with Crippen LogP contribution in [0.25, 0.3) is 11.1 Å². The number of amides is 2. The SMILES string of the molecule is CCC(C)C(Nc1ccc2c(cc1=O)C(NC(C)=O)CCc1cc(OC)c(OC)c(OC)c1-2)C(=O)Nc1ccc(N2CCCCS2(=O)=O)c(OC)c1. The molecule has 1 fully saturated rings. The van der Waals surface area contributed by atoms with Crippen molar-refractivity contribution < 1.29 is 37.0 Å². The van der Waals surface area contributed by atoms with Gasteiger partial charge < -0.3 is 34.9 Å². The van der Waals surface area contributed by atoms with Crippen LogP contribution in [0.4, 0.5) is 17.1 Å². The van der Waals surface area contributed by atoms with Crippen LogP contribution in [0.1, 0.15) is 63.6 Å². The molecule has 52 heavy (non-hydrogen) atoms. The minimum Gasteiger partial charge on any atom is -0.494 e. The lowest BCUT2D eigenvalue weighted by Crippen LogP contribution is -2.40. The monoisotopic (exact) mass is 736 g/mol. The first-order valence-electron chi connectivity index (χ1n) is 17.4. The van der Waals surface area contributed by atoms with Crippen LogP contribution in [0.5, 0.6) is 23.0 Å². The fourth-order valence-corrected chi connectivity index (χ4v) is 8.58. The lowest BCUT2D eigenvalue weighted by molar-refractivity contribution is -0.120. The maximum Gasteiger partial charge on any atom is 0.247 e. The summed E-state index contributed by atoms with van der Waals surface area (Å²) in [6.45, 7) is 5.66. The maximum atomic E-state index is 14.0. The Morgan fingerprint density at radius 1 is 0.942 bits per heavy atom. The Morgan fingerprint density at radius 2 is 1.67 bits per heavy atom. The van der Waals surface area contributed by atoms with Gasteiger partial charge in [0.15, 0.2) is 11.5 Å². The summed E-state index contributed by atoms with van der Waals surface area (Å²) < 4.78 is 49.7. The molecule has 1 heterocycles.